The van der Waals surface area contributed by atoms with E-state index in [1.807, 2.05) is 42.5 Å². The molecule has 0 amide bonds. The van der Waals surface area contributed by atoms with Gasteiger partial charge in [-0.05, 0) is 17.2 Å². The molecule has 1 aromatic rings. The van der Waals surface area contributed by atoms with Crippen LogP contribution in [0.2, 0.25) is 0 Å². The first-order chi connectivity index (χ1) is 8.75. The maximum atomic E-state index is 11.2. The summed E-state index contributed by atoms with van der Waals surface area (Å²) in [6.07, 6.45) is 11.8. The van der Waals surface area contributed by atoms with E-state index in [0.29, 0.717) is 0 Å². The van der Waals surface area contributed by atoms with Crippen LogP contribution in [0.25, 0.3) is 5.57 Å². The number of aldehydes is 1. The van der Waals surface area contributed by atoms with Crippen LogP contribution in [0.3, 0.4) is 0 Å². The van der Waals surface area contributed by atoms with E-state index in [1.54, 1.807) is 6.08 Å². The van der Waals surface area contributed by atoms with Gasteiger partial charge in [-0.15, -0.1) is 6.42 Å². The minimum absolute atomic E-state index is 0.465. The van der Waals surface area contributed by atoms with Gasteiger partial charge in [0.05, 0.1) is 5.92 Å². The zero-order valence-electron chi connectivity index (χ0n) is 10.2. The molecule has 1 aromatic carbocycles. The Labute approximate surface area is 107 Å². The zero-order chi connectivity index (χ0) is 13.0. The van der Waals surface area contributed by atoms with Gasteiger partial charge in [0, 0.05) is 7.11 Å². The van der Waals surface area contributed by atoms with Gasteiger partial charge in [0.15, 0.2) is 5.60 Å². The summed E-state index contributed by atoms with van der Waals surface area (Å²) in [7, 11) is 1.52. The topological polar surface area (TPSA) is 26.3 Å². The number of ether oxygens (including phenoxy) is 1. The molecule has 1 aliphatic rings. The molecule has 0 saturated carbocycles. The highest BCUT2D eigenvalue weighted by molar-refractivity contribution is 5.80. The highest BCUT2D eigenvalue weighted by atomic mass is 16.5. The lowest BCUT2D eigenvalue weighted by molar-refractivity contribution is -0.114. The summed E-state index contributed by atoms with van der Waals surface area (Å²) in [5, 5.41) is 0. The number of carbonyl (C=O) groups is 1. The van der Waals surface area contributed by atoms with Crippen LogP contribution in [-0.4, -0.2) is 19.0 Å². The first-order valence-electron chi connectivity index (χ1n) is 5.70. The van der Waals surface area contributed by atoms with Gasteiger partial charge in [0.2, 0.25) is 0 Å². The van der Waals surface area contributed by atoms with E-state index in [0.717, 1.165) is 17.4 Å². The van der Waals surface area contributed by atoms with Gasteiger partial charge in [-0.2, -0.15) is 0 Å². The summed E-state index contributed by atoms with van der Waals surface area (Å²) in [5.41, 5.74) is 1.08. The van der Waals surface area contributed by atoms with E-state index in [2.05, 4.69) is 5.92 Å². The van der Waals surface area contributed by atoms with Crippen LogP contribution < -0.4 is 0 Å². The Kier molecular flexibility index (Phi) is 3.45. The predicted octanol–water partition coefficient (Wildman–Crippen LogP) is 2.47. The van der Waals surface area contributed by atoms with E-state index in [1.165, 1.54) is 7.11 Å². The number of benzene rings is 1. The first kappa shape index (κ1) is 12.3. The van der Waals surface area contributed by atoms with Crippen molar-refractivity contribution in [3.05, 3.63) is 54.1 Å². The van der Waals surface area contributed by atoms with E-state index in [9.17, 15) is 4.79 Å². The average molecular weight is 238 g/mol. The lowest BCUT2D eigenvalue weighted by Crippen LogP contribution is -2.38. The van der Waals surface area contributed by atoms with Crippen molar-refractivity contribution in [3.8, 4) is 12.3 Å². The second kappa shape index (κ2) is 5.03. The van der Waals surface area contributed by atoms with E-state index < -0.39 is 11.5 Å². The monoisotopic (exact) mass is 238 g/mol. The van der Waals surface area contributed by atoms with Crippen LogP contribution in [0.15, 0.2) is 48.6 Å². The maximum Gasteiger partial charge on any atom is 0.159 e. The van der Waals surface area contributed by atoms with Crippen LogP contribution >= 0.6 is 0 Å². The Morgan fingerprint density at radius 2 is 2.11 bits per heavy atom. The third-order valence-corrected chi connectivity index (χ3v) is 3.18. The number of allylic oxidation sites excluding steroid dienone is 2. The lowest BCUT2D eigenvalue weighted by Gasteiger charge is -2.30. The Balaban J connectivity index is 2.41. The lowest BCUT2D eigenvalue weighted by atomic mass is 9.81. The number of methoxy groups -OCH3 is 1. The molecule has 0 saturated heterocycles. The summed E-state index contributed by atoms with van der Waals surface area (Å²) in [6.45, 7) is 0. The Hall–Kier alpha value is -2.11. The van der Waals surface area contributed by atoms with Crippen molar-refractivity contribution < 1.29 is 9.53 Å². The van der Waals surface area contributed by atoms with E-state index >= 15 is 0 Å². The number of hydrogen-bond donors (Lipinski definition) is 0. The number of rotatable bonds is 3. The normalized spacial score (nSPS) is 26.2. The number of hydrogen-bond acceptors (Lipinski definition) is 2. The van der Waals surface area contributed by atoms with Crippen molar-refractivity contribution in [2.75, 3.05) is 7.11 Å². The molecule has 0 bridgehead atoms. The van der Waals surface area contributed by atoms with Gasteiger partial charge in [0.1, 0.15) is 6.29 Å². The van der Waals surface area contributed by atoms with Crippen LogP contribution in [0.5, 0.6) is 0 Å². The summed E-state index contributed by atoms with van der Waals surface area (Å²) in [5.74, 6) is 2.09. The van der Waals surface area contributed by atoms with Crippen LogP contribution in [0.4, 0.5) is 0 Å². The standard InChI is InChI=1S/C16H14O2/c1-3-16(18-2)10-9-14(11-15(16)12-17)13-7-5-4-6-8-13/h1,4-12,15H,2H3. The Morgan fingerprint density at radius 1 is 1.39 bits per heavy atom. The van der Waals surface area contributed by atoms with Gasteiger partial charge in [-0.25, -0.2) is 0 Å². The maximum absolute atomic E-state index is 11.2. The highest BCUT2D eigenvalue weighted by Gasteiger charge is 2.35. The molecule has 0 N–H and O–H groups in total. The van der Waals surface area contributed by atoms with Crippen LogP contribution in [-0.2, 0) is 9.53 Å². The van der Waals surface area contributed by atoms with Crippen molar-refractivity contribution in [1.82, 2.24) is 0 Å². The van der Waals surface area contributed by atoms with Gasteiger partial charge >= 0.3 is 0 Å². The molecular weight excluding hydrogens is 224 g/mol. The van der Waals surface area contributed by atoms with Gasteiger partial charge in [-0.1, -0.05) is 48.4 Å². The second-order valence-corrected chi connectivity index (χ2v) is 4.12. The molecule has 0 aliphatic heterocycles. The van der Waals surface area contributed by atoms with Crippen LogP contribution in [0.1, 0.15) is 5.56 Å². The minimum atomic E-state index is -0.958. The Morgan fingerprint density at radius 3 is 2.67 bits per heavy atom. The third kappa shape index (κ3) is 2.01. The van der Waals surface area contributed by atoms with Crippen molar-refractivity contribution in [2.45, 2.75) is 5.60 Å². The molecule has 2 unspecified atom stereocenters. The van der Waals surface area contributed by atoms with Crippen molar-refractivity contribution in [3.63, 3.8) is 0 Å². The average Bonchev–Trinajstić information content (AvgIpc) is 2.47. The fourth-order valence-electron chi connectivity index (χ4n) is 2.07. The van der Waals surface area contributed by atoms with Gasteiger partial charge in [-0.3, -0.25) is 0 Å². The second-order valence-electron chi connectivity index (χ2n) is 4.12. The van der Waals surface area contributed by atoms with Crippen molar-refractivity contribution >= 4 is 11.9 Å². The van der Waals surface area contributed by atoms with E-state index in [-0.39, 0.29) is 0 Å². The van der Waals surface area contributed by atoms with Crippen LogP contribution in [0, 0.1) is 18.3 Å². The van der Waals surface area contributed by atoms with Gasteiger partial charge in [0.25, 0.3) is 0 Å². The summed E-state index contributed by atoms with van der Waals surface area (Å²) < 4.78 is 5.32. The summed E-state index contributed by atoms with van der Waals surface area (Å²) >= 11 is 0. The minimum Gasteiger partial charge on any atom is -0.361 e. The SMILES string of the molecule is C#CC1(OC)C=CC(c2ccccc2)=CC1C=O. The smallest absolute Gasteiger partial charge is 0.159 e. The molecule has 2 atom stereocenters. The van der Waals surface area contributed by atoms with Crippen molar-refractivity contribution in [2.24, 2.45) is 5.92 Å². The van der Waals surface area contributed by atoms with Crippen molar-refractivity contribution in [1.29, 1.82) is 0 Å². The third-order valence-electron chi connectivity index (χ3n) is 3.18. The molecule has 0 radical (unpaired) electrons. The predicted molar refractivity (Wildman–Crippen MR) is 71.7 cm³/mol. The Bertz CT molecular complexity index is 534. The molecule has 18 heavy (non-hydrogen) atoms. The molecule has 2 heteroatoms. The molecule has 0 fully saturated rings. The first-order valence-corrected chi connectivity index (χ1v) is 5.70. The summed E-state index contributed by atoms with van der Waals surface area (Å²) in [4.78, 5) is 11.2. The molecule has 2 rings (SSSR count). The zero-order valence-corrected chi connectivity index (χ0v) is 10.2. The molecule has 0 aromatic heterocycles. The fourth-order valence-corrected chi connectivity index (χ4v) is 2.07. The molecule has 2 nitrogen and oxygen atoms in total. The fraction of sp³-hybridized carbons (Fsp3) is 0.188. The molecule has 90 valence electrons. The highest BCUT2D eigenvalue weighted by Crippen LogP contribution is 2.32. The molecular formula is C16H14O2. The molecule has 1 aliphatic carbocycles. The quantitative estimate of drug-likeness (QED) is 0.597. The largest absolute Gasteiger partial charge is 0.361 e. The van der Waals surface area contributed by atoms with Gasteiger partial charge < -0.3 is 9.53 Å². The number of terminal acetylenes is 1. The summed E-state index contributed by atoms with van der Waals surface area (Å²) in [6, 6.07) is 9.86. The molecule has 0 spiro atoms. The number of carbonyl (C=O) groups excluding carboxylic acids is 1. The molecule has 0 heterocycles. The van der Waals surface area contributed by atoms with E-state index in [4.69, 9.17) is 11.2 Å².